The average Bonchev–Trinajstić information content (AvgIpc) is 2.34. The smallest absolute Gasteiger partial charge is 0.241 e. The Kier molecular flexibility index (Phi) is 4.18. The highest BCUT2D eigenvalue weighted by Gasteiger charge is 2.16. The number of halogens is 1. The molecule has 2 rings (SSSR count). The predicted molar refractivity (Wildman–Crippen MR) is 83.2 cm³/mol. The van der Waals surface area contributed by atoms with E-state index in [0.717, 1.165) is 4.47 Å². The molecule has 0 unspecified atom stereocenters. The van der Waals surface area contributed by atoms with Crippen LogP contribution in [0.15, 0.2) is 40.9 Å². The van der Waals surface area contributed by atoms with Crippen molar-refractivity contribution in [3.05, 3.63) is 40.9 Å². The van der Waals surface area contributed by atoms with Crippen molar-refractivity contribution in [2.75, 3.05) is 5.73 Å². The Balaban J connectivity index is 2.20. The third-order valence-electron chi connectivity index (χ3n) is 2.30. The molecule has 0 aliphatic rings. The number of anilines is 1. The maximum Gasteiger partial charge on any atom is 0.241 e. The Morgan fingerprint density at radius 1 is 1.05 bits per heavy atom. The second kappa shape index (κ2) is 5.71. The van der Waals surface area contributed by atoms with Gasteiger partial charge in [-0.3, -0.25) is 0 Å². The number of benzene rings is 1. The predicted octanol–water partition coefficient (Wildman–Crippen LogP) is 4.40. The molecule has 0 aliphatic heterocycles. The summed E-state index contributed by atoms with van der Waals surface area (Å²) >= 11 is 3.38. The quantitative estimate of drug-likeness (QED) is 0.902. The van der Waals surface area contributed by atoms with Gasteiger partial charge in [-0.2, -0.15) is 4.98 Å². The monoisotopic (exact) mass is 336 g/mol. The van der Waals surface area contributed by atoms with Crippen LogP contribution in [0.3, 0.4) is 0 Å². The van der Waals surface area contributed by atoms with Crippen molar-refractivity contribution in [1.29, 1.82) is 0 Å². The fraction of sp³-hybridized carbons (Fsp3) is 0.267. The zero-order valence-electron chi connectivity index (χ0n) is 11.7. The number of nitrogens with zero attached hydrogens (tertiary/aromatic N) is 1. The van der Waals surface area contributed by atoms with Crippen molar-refractivity contribution in [2.45, 2.75) is 26.4 Å². The molecule has 2 aromatic rings. The van der Waals surface area contributed by atoms with Crippen LogP contribution in [0.2, 0.25) is 0 Å². The molecule has 0 spiro atoms. The molecule has 0 radical (unpaired) electrons. The van der Waals surface area contributed by atoms with E-state index < -0.39 is 0 Å². The van der Waals surface area contributed by atoms with E-state index in [1.807, 2.05) is 45.0 Å². The van der Waals surface area contributed by atoms with Crippen LogP contribution < -0.4 is 15.2 Å². The van der Waals surface area contributed by atoms with Gasteiger partial charge in [0.2, 0.25) is 11.8 Å². The van der Waals surface area contributed by atoms with E-state index in [1.54, 1.807) is 12.1 Å². The van der Waals surface area contributed by atoms with Crippen molar-refractivity contribution in [3.63, 3.8) is 0 Å². The van der Waals surface area contributed by atoms with E-state index in [4.69, 9.17) is 15.2 Å². The summed E-state index contributed by atoms with van der Waals surface area (Å²) in [6.07, 6.45) is 0. The maximum absolute atomic E-state index is 5.86. The van der Waals surface area contributed by atoms with Gasteiger partial charge in [0.25, 0.3) is 0 Å². The second-order valence-electron chi connectivity index (χ2n) is 5.31. The summed E-state index contributed by atoms with van der Waals surface area (Å²) in [7, 11) is 0. The van der Waals surface area contributed by atoms with Gasteiger partial charge >= 0.3 is 0 Å². The zero-order chi connectivity index (χ0) is 14.8. The molecule has 1 aromatic heterocycles. The SMILES string of the molecule is CC(C)(C)Oc1nc(Oc2ccc(Br)cc2)ccc1N. The van der Waals surface area contributed by atoms with E-state index in [9.17, 15) is 0 Å². The third-order valence-corrected chi connectivity index (χ3v) is 2.83. The van der Waals surface area contributed by atoms with Crippen LogP contribution in [0.25, 0.3) is 0 Å². The van der Waals surface area contributed by atoms with Gasteiger partial charge in [-0.1, -0.05) is 15.9 Å². The van der Waals surface area contributed by atoms with E-state index in [-0.39, 0.29) is 5.60 Å². The average molecular weight is 337 g/mol. The number of nitrogen functional groups attached to an aromatic ring is 1. The van der Waals surface area contributed by atoms with Crippen molar-refractivity contribution in [3.8, 4) is 17.5 Å². The van der Waals surface area contributed by atoms with Crippen LogP contribution in [0.5, 0.6) is 17.5 Å². The molecule has 4 nitrogen and oxygen atoms in total. The van der Waals surface area contributed by atoms with Gasteiger partial charge in [0, 0.05) is 10.5 Å². The van der Waals surface area contributed by atoms with Crippen LogP contribution in [-0.2, 0) is 0 Å². The van der Waals surface area contributed by atoms with Crippen LogP contribution in [0.4, 0.5) is 5.69 Å². The Labute approximate surface area is 127 Å². The lowest BCUT2D eigenvalue weighted by Gasteiger charge is -2.21. The summed E-state index contributed by atoms with van der Waals surface area (Å²) in [5, 5.41) is 0. The number of hydrogen-bond donors (Lipinski definition) is 1. The molecule has 0 fully saturated rings. The number of ether oxygens (including phenoxy) is 2. The van der Waals surface area contributed by atoms with E-state index in [2.05, 4.69) is 20.9 Å². The Morgan fingerprint density at radius 3 is 2.30 bits per heavy atom. The van der Waals surface area contributed by atoms with Crippen molar-refractivity contribution >= 4 is 21.6 Å². The maximum atomic E-state index is 5.86. The second-order valence-corrected chi connectivity index (χ2v) is 6.23. The van der Waals surface area contributed by atoms with Gasteiger partial charge < -0.3 is 15.2 Å². The summed E-state index contributed by atoms with van der Waals surface area (Å²) in [5.74, 6) is 1.53. The lowest BCUT2D eigenvalue weighted by atomic mass is 10.2. The van der Waals surface area contributed by atoms with Gasteiger partial charge in [0.1, 0.15) is 11.4 Å². The summed E-state index contributed by atoms with van der Waals surface area (Å²) in [6.45, 7) is 5.82. The largest absolute Gasteiger partial charge is 0.470 e. The molecular formula is C15H17BrN2O2. The molecule has 0 atom stereocenters. The van der Waals surface area contributed by atoms with Crippen molar-refractivity contribution in [2.24, 2.45) is 0 Å². The third kappa shape index (κ3) is 4.13. The first-order chi connectivity index (χ1) is 9.33. The Bertz CT molecular complexity index is 592. The molecule has 1 heterocycles. The molecule has 0 amide bonds. The van der Waals surface area contributed by atoms with Gasteiger partial charge in [-0.25, -0.2) is 0 Å². The van der Waals surface area contributed by atoms with Crippen LogP contribution in [-0.4, -0.2) is 10.6 Å². The molecule has 106 valence electrons. The zero-order valence-corrected chi connectivity index (χ0v) is 13.3. The topological polar surface area (TPSA) is 57.4 Å². The fourth-order valence-electron chi connectivity index (χ4n) is 1.49. The minimum Gasteiger partial charge on any atom is -0.470 e. The summed E-state index contributed by atoms with van der Waals surface area (Å²) in [6, 6.07) is 11.0. The lowest BCUT2D eigenvalue weighted by molar-refractivity contribution is 0.124. The molecule has 2 N–H and O–H groups in total. The highest BCUT2D eigenvalue weighted by molar-refractivity contribution is 9.10. The molecule has 20 heavy (non-hydrogen) atoms. The summed E-state index contributed by atoms with van der Waals surface area (Å²) in [4.78, 5) is 4.29. The first-order valence-electron chi connectivity index (χ1n) is 6.22. The standard InChI is InChI=1S/C15H17BrN2O2/c1-15(2,3)20-14-12(17)8-9-13(18-14)19-11-6-4-10(16)5-7-11/h4-9H,17H2,1-3H3. The first-order valence-corrected chi connectivity index (χ1v) is 7.02. The van der Waals surface area contributed by atoms with E-state index in [0.29, 0.717) is 23.2 Å². The summed E-state index contributed by atoms with van der Waals surface area (Å²) < 4.78 is 12.4. The number of pyridine rings is 1. The van der Waals surface area contributed by atoms with Crippen LogP contribution in [0, 0.1) is 0 Å². The number of nitrogens with two attached hydrogens (primary N) is 1. The van der Waals surface area contributed by atoms with Gasteiger partial charge in [-0.15, -0.1) is 0 Å². The number of hydrogen-bond acceptors (Lipinski definition) is 4. The van der Waals surface area contributed by atoms with Gasteiger partial charge in [-0.05, 0) is 51.1 Å². The van der Waals surface area contributed by atoms with Gasteiger partial charge in [0.15, 0.2) is 0 Å². The highest BCUT2D eigenvalue weighted by Crippen LogP contribution is 2.28. The summed E-state index contributed by atoms with van der Waals surface area (Å²) in [5.41, 5.74) is 5.99. The van der Waals surface area contributed by atoms with Gasteiger partial charge in [0.05, 0.1) is 5.69 Å². The normalized spacial score (nSPS) is 11.2. The lowest BCUT2D eigenvalue weighted by Crippen LogP contribution is -2.24. The Hall–Kier alpha value is -1.75. The minimum absolute atomic E-state index is 0.364. The molecule has 0 aliphatic carbocycles. The molecule has 5 heteroatoms. The molecule has 0 saturated heterocycles. The van der Waals surface area contributed by atoms with E-state index in [1.165, 1.54) is 0 Å². The molecular weight excluding hydrogens is 320 g/mol. The molecule has 0 bridgehead atoms. The molecule has 0 saturated carbocycles. The fourth-order valence-corrected chi connectivity index (χ4v) is 1.75. The van der Waals surface area contributed by atoms with Crippen LogP contribution in [0.1, 0.15) is 20.8 Å². The number of aromatic nitrogens is 1. The number of rotatable bonds is 3. The highest BCUT2D eigenvalue weighted by atomic mass is 79.9. The molecule has 1 aromatic carbocycles. The van der Waals surface area contributed by atoms with Crippen molar-refractivity contribution in [1.82, 2.24) is 4.98 Å². The van der Waals surface area contributed by atoms with E-state index >= 15 is 0 Å². The van der Waals surface area contributed by atoms with Crippen molar-refractivity contribution < 1.29 is 9.47 Å². The first kappa shape index (κ1) is 14.7. The van der Waals surface area contributed by atoms with Crippen LogP contribution >= 0.6 is 15.9 Å². The minimum atomic E-state index is -0.364. The Morgan fingerprint density at radius 2 is 1.70 bits per heavy atom.